The van der Waals surface area contributed by atoms with Gasteiger partial charge in [-0.15, -0.1) is 0 Å². The molecule has 1 aliphatic rings. The molecular weight excluding hydrogens is 322 g/mol. The van der Waals surface area contributed by atoms with Crippen LogP contribution in [0.25, 0.3) is 0 Å². The zero-order chi connectivity index (χ0) is 18.2. The minimum absolute atomic E-state index is 0.0325. The van der Waals surface area contributed by atoms with E-state index < -0.39 is 0 Å². The third-order valence-corrected chi connectivity index (χ3v) is 5.41. The average Bonchev–Trinajstić information content (AvgIpc) is 2.94. The van der Waals surface area contributed by atoms with E-state index in [1.165, 1.54) is 31.1 Å². The van der Waals surface area contributed by atoms with Gasteiger partial charge < -0.3 is 4.74 Å². The molecule has 0 N–H and O–H groups in total. The van der Waals surface area contributed by atoms with Gasteiger partial charge in [0.1, 0.15) is 0 Å². The van der Waals surface area contributed by atoms with Gasteiger partial charge in [-0.3, -0.25) is 9.69 Å². The number of benzene rings is 2. The molecule has 138 valence electrons. The molecule has 0 unspecified atom stereocenters. The Morgan fingerprint density at radius 2 is 1.42 bits per heavy atom. The van der Waals surface area contributed by atoms with Crippen molar-refractivity contribution in [2.45, 2.75) is 51.2 Å². The van der Waals surface area contributed by atoms with Crippen LogP contribution in [-0.4, -0.2) is 24.0 Å². The third-order valence-electron chi connectivity index (χ3n) is 5.41. The summed E-state index contributed by atoms with van der Waals surface area (Å²) in [5, 5.41) is 0. The summed E-state index contributed by atoms with van der Waals surface area (Å²) in [5.41, 5.74) is 2.58. The minimum Gasteiger partial charge on any atom is -0.469 e. The monoisotopic (exact) mass is 351 g/mol. The first kappa shape index (κ1) is 18.7. The lowest BCUT2D eigenvalue weighted by Gasteiger charge is -2.35. The van der Waals surface area contributed by atoms with Crippen molar-refractivity contribution in [3.63, 3.8) is 0 Å². The molecule has 1 fully saturated rings. The number of nitrogens with zero attached hydrogens (tertiary/aromatic N) is 1. The van der Waals surface area contributed by atoms with Crippen LogP contribution in [-0.2, 0) is 22.6 Å². The molecule has 2 aromatic carbocycles. The zero-order valence-corrected chi connectivity index (χ0v) is 15.6. The van der Waals surface area contributed by atoms with Gasteiger partial charge in [-0.05, 0) is 24.0 Å². The molecule has 26 heavy (non-hydrogen) atoms. The first-order valence-electron chi connectivity index (χ1n) is 9.67. The molecule has 0 radical (unpaired) electrons. The van der Waals surface area contributed by atoms with Gasteiger partial charge >= 0.3 is 5.97 Å². The van der Waals surface area contributed by atoms with Gasteiger partial charge in [0.05, 0.1) is 13.0 Å². The fourth-order valence-corrected chi connectivity index (χ4v) is 4.08. The number of carbonyl (C=O) groups excluding carboxylic acids is 1. The Morgan fingerprint density at radius 3 is 1.96 bits per heavy atom. The predicted molar refractivity (Wildman–Crippen MR) is 105 cm³/mol. The molecule has 3 heteroatoms. The summed E-state index contributed by atoms with van der Waals surface area (Å²) in [6.45, 7) is 1.71. The number of rotatable bonds is 6. The number of ether oxygens (including phenoxy) is 1. The van der Waals surface area contributed by atoms with Crippen molar-refractivity contribution in [1.82, 2.24) is 4.90 Å². The van der Waals surface area contributed by atoms with Crippen molar-refractivity contribution in [1.29, 1.82) is 0 Å². The summed E-state index contributed by atoms with van der Waals surface area (Å²) in [5.74, 6) is -0.0852. The Hall–Kier alpha value is -2.13. The van der Waals surface area contributed by atoms with E-state index in [9.17, 15) is 4.79 Å². The van der Waals surface area contributed by atoms with E-state index in [-0.39, 0.29) is 17.9 Å². The molecule has 0 aromatic heterocycles. The smallest absolute Gasteiger partial charge is 0.310 e. The summed E-state index contributed by atoms with van der Waals surface area (Å²) in [7, 11) is 1.52. The van der Waals surface area contributed by atoms with Gasteiger partial charge in [0.2, 0.25) is 0 Å². The van der Waals surface area contributed by atoms with Crippen LogP contribution < -0.4 is 0 Å². The van der Waals surface area contributed by atoms with Crippen LogP contribution in [0.1, 0.15) is 43.2 Å². The Bertz CT molecular complexity index is 630. The van der Waals surface area contributed by atoms with E-state index in [0.717, 1.165) is 32.4 Å². The zero-order valence-electron chi connectivity index (χ0n) is 15.6. The summed E-state index contributed by atoms with van der Waals surface area (Å²) in [4.78, 5) is 15.0. The van der Waals surface area contributed by atoms with E-state index in [2.05, 4.69) is 53.4 Å². The summed E-state index contributed by atoms with van der Waals surface area (Å²) >= 11 is 0. The molecule has 3 nitrogen and oxygen atoms in total. The van der Waals surface area contributed by atoms with Crippen molar-refractivity contribution in [2.24, 2.45) is 5.92 Å². The Kier molecular flexibility index (Phi) is 6.84. The maximum atomic E-state index is 12.5. The molecule has 2 atom stereocenters. The molecule has 0 amide bonds. The van der Waals surface area contributed by atoms with Crippen LogP contribution in [0.15, 0.2) is 60.7 Å². The van der Waals surface area contributed by atoms with E-state index in [0.29, 0.717) is 0 Å². The van der Waals surface area contributed by atoms with E-state index >= 15 is 0 Å². The molecule has 0 aliphatic heterocycles. The van der Waals surface area contributed by atoms with E-state index in [1.54, 1.807) is 0 Å². The van der Waals surface area contributed by atoms with Gasteiger partial charge in [0.15, 0.2) is 0 Å². The van der Waals surface area contributed by atoms with Crippen molar-refractivity contribution >= 4 is 5.97 Å². The Labute approximate surface area is 157 Å². The summed E-state index contributed by atoms with van der Waals surface area (Å²) < 4.78 is 5.16. The van der Waals surface area contributed by atoms with Crippen LogP contribution in [0.2, 0.25) is 0 Å². The van der Waals surface area contributed by atoms with Crippen molar-refractivity contribution < 1.29 is 9.53 Å². The van der Waals surface area contributed by atoms with Gasteiger partial charge in [-0.1, -0.05) is 79.9 Å². The van der Waals surface area contributed by atoms with Gasteiger partial charge in [0, 0.05) is 19.1 Å². The largest absolute Gasteiger partial charge is 0.469 e. The first-order valence-corrected chi connectivity index (χ1v) is 9.67. The molecule has 0 saturated heterocycles. The quantitative estimate of drug-likeness (QED) is 0.552. The second-order valence-corrected chi connectivity index (χ2v) is 7.21. The van der Waals surface area contributed by atoms with Crippen LogP contribution in [0.5, 0.6) is 0 Å². The molecule has 1 saturated carbocycles. The van der Waals surface area contributed by atoms with Crippen LogP contribution in [0, 0.1) is 5.92 Å². The maximum Gasteiger partial charge on any atom is 0.310 e. The summed E-state index contributed by atoms with van der Waals surface area (Å²) in [6, 6.07) is 21.3. The highest BCUT2D eigenvalue weighted by atomic mass is 16.5. The van der Waals surface area contributed by atoms with Crippen molar-refractivity contribution in [3.8, 4) is 0 Å². The number of hydrogen-bond donors (Lipinski definition) is 0. The van der Waals surface area contributed by atoms with Gasteiger partial charge in [0.25, 0.3) is 0 Å². The number of esters is 1. The lowest BCUT2D eigenvalue weighted by Crippen LogP contribution is -2.42. The number of hydrogen-bond acceptors (Lipinski definition) is 3. The highest BCUT2D eigenvalue weighted by molar-refractivity contribution is 5.73. The Balaban J connectivity index is 1.87. The lowest BCUT2D eigenvalue weighted by atomic mass is 9.92. The first-order chi connectivity index (χ1) is 12.8. The fraction of sp³-hybridized carbons (Fsp3) is 0.435. The topological polar surface area (TPSA) is 29.5 Å². The SMILES string of the molecule is COC(=O)[C@H]1CCCCC[C@H]1N(Cc1ccccc1)Cc1ccccc1. The molecule has 0 bridgehead atoms. The minimum atomic E-state index is -0.0528. The van der Waals surface area contributed by atoms with E-state index in [1.807, 2.05) is 12.1 Å². The molecule has 3 rings (SSSR count). The number of methoxy groups -OCH3 is 1. The normalized spacial score (nSPS) is 20.5. The third kappa shape index (κ3) is 4.95. The highest BCUT2D eigenvalue weighted by Crippen LogP contribution is 2.30. The van der Waals surface area contributed by atoms with Crippen LogP contribution >= 0.6 is 0 Å². The van der Waals surface area contributed by atoms with Crippen molar-refractivity contribution in [3.05, 3.63) is 71.8 Å². The second-order valence-electron chi connectivity index (χ2n) is 7.21. The molecule has 2 aromatic rings. The lowest BCUT2D eigenvalue weighted by molar-refractivity contribution is -0.148. The van der Waals surface area contributed by atoms with E-state index in [4.69, 9.17) is 4.74 Å². The second kappa shape index (κ2) is 9.54. The van der Waals surface area contributed by atoms with Crippen molar-refractivity contribution in [2.75, 3.05) is 7.11 Å². The van der Waals surface area contributed by atoms with Crippen LogP contribution in [0.4, 0.5) is 0 Å². The van der Waals surface area contributed by atoms with Gasteiger partial charge in [-0.2, -0.15) is 0 Å². The number of carbonyl (C=O) groups is 1. The molecule has 1 aliphatic carbocycles. The molecule has 0 spiro atoms. The molecular formula is C23H29NO2. The fourth-order valence-electron chi connectivity index (χ4n) is 4.08. The molecule has 0 heterocycles. The average molecular weight is 351 g/mol. The Morgan fingerprint density at radius 1 is 0.885 bits per heavy atom. The van der Waals surface area contributed by atoms with Gasteiger partial charge in [-0.25, -0.2) is 0 Å². The predicted octanol–water partition coefficient (Wildman–Crippen LogP) is 4.81. The standard InChI is InChI=1S/C23H29NO2/c1-26-23(25)21-15-9-4-10-16-22(21)24(17-19-11-5-2-6-12-19)18-20-13-7-3-8-14-20/h2-3,5-8,11-14,21-22H,4,9-10,15-18H2,1H3/t21-,22+/m0/s1. The maximum absolute atomic E-state index is 12.5. The summed E-state index contributed by atoms with van der Waals surface area (Å²) in [6.07, 6.45) is 5.48. The highest BCUT2D eigenvalue weighted by Gasteiger charge is 2.34. The van der Waals surface area contributed by atoms with Crippen LogP contribution in [0.3, 0.4) is 0 Å².